The molecule has 4 rings (SSSR count). The molecule has 2 heterocycles. The summed E-state index contributed by atoms with van der Waals surface area (Å²) >= 11 is 0. The number of nitrogens with one attached hydrogen (secondary N) is 1. The molecule has 1 aromatic heterocycles. The summed E-state index contributed by atoms with van der Waals surface area (Å²) in [7, 11) is 2.96. The van der Waals surface area contributed by atoms with Gasteiger partial charge in [-0.25, -0.2) is 0 Å². The van der Waals surface area contributed by atoms with Crippen LogP contribution < -0.4 is 5.32 Å². The Hall–Kier alpha value is -2.65. The molecule has 1 aliphatic carbocycles. The topological polar surface area (TPSA) is 57.7 Å². The molecule has 1 fully saturated rings. The average molecular weight is 477 g/mol. The first-order valence-electron chi connectivity index (χ1n) is 11.4. The van der Waals surface area contributed by atoms with Gasteiger partial charge in [0.15, 0.2) is 6.04 Å². The normalized spacial score (nSPS) is 23.3. The number of nitrogens with zero attached hydrogens (tertiary/aromatic N) is 3. The van der Waals surface area contributed by atoms with Crippen molar-refractivity contribution in [3.63, 3.8) is 0 Å². The number of hydrogen-bond donors (Lipinski definition) is 1. The maximum atomic E-state index is 14.0. The SMILES string of the molecule is CN1CCO[C@H](C(=O)N(C)[C@@H](c2ccc(N[C@H]3Cc4ccccc4C3(C)C)cn2)C(F)(F)F)C1. The second-order valence-electron chi connectivity index (χ2n) is 9.77. The van der Waals surface area contributed by atoms with Crippen LogP contribution in [0.4, 0.5) is 18.9 Å². The van der Waals surface area contributed by atoms with E-state index in [1.807, 2.05) is 24.1 Å². The molecule has 34 heavy (non-hydrogen) atoms. The van der Waals surface area contributed by atoms with E-state index in [4.69, 9.17) is 4.74 Å². The number of alkyl halides is 3. The van der Waals surface area contributed by atoms with Crippen molar-refractivity contribution in [2.75, 3.05) is 39.1 Å². The molecule has 0 radical (unpaired) electrons. The van der Waals surface area contributed by atoms with Gasteiger partial charge in [-0.05, 0) is 36.7 Å². The molecule has 0 unspecified atom stereocenters. The first-order chi connectivity index (χ1) is 16.0. The van der Waals surface area contributed by atoms with Gasteiger partial charge in [0.25, 0.3) is 5.91 Å². The van der Waals surface area contributed by atoms with Gasteiger partial charge in [-0.2, -0.15) is 13.2 Å². The zero-order valence-electron chi connectivity index (χ0n) is 19.9. The van der Waals surface area contributed by atoms with Crippen molar-refractivity contribution in [1.82, 2.24) is 14.8 Å². The summed E-state index contributed by atoms with van der Waals surface area (Å²) in [4.78, 5) is 19.5. The number of likely N-dealkylation sites (N-methyl/N-ethyl adjacent to an activating group) is 2. The number of benzene rings is 1. The molecule has 2 aromatic rings. The first-order valence-corrected chi connectivity index (χ1v) is 11.4. The molecule has 1 saturated heterocycles. The molecule has 0 spiro atoms. The molecule has 9 heteroatoms. The molecular weight excluding hydrogens is 445 g/mol. The Bertz CT molecular complexity index is 1030. The molecule has 1 N–H and O–H groups in total. The zero-order valence-corrected chi connectivity index (χ0v) is 19.9. The molecule has 2 aliphatic rings. The number of amides is 1. The number of fused-ring (bicyclic) bond motifs is 1. The van der Waals surface area contributed by atoms with E-state index < -0.39 is 24.2 Å². The summed E-state index contributed by atoms with van der Waals surface area (Å²) in [6.07, 6.45) is -3.37. The lowest BCUT2D eigenvalue weighted by atomic mass is 9.83. The zero-order chi connectivity index (χ0) is 24.7. The van der Waals surface area contributed by atoms with Crippen LogP contribution in [0.15, 0.2) is 42.6 Å². The minimum absolute atomic E-state index is 0.0839. The molecule has 0 saturated carbocycles. The highest BCUT2D eigenvalue weighted by Gasteiger charge is 2.47. The maximum Gasteiger partial charge on any atom is 0.414 e. The quantitative estimate of drug-likeness (QED) is 0.712. The van der Waals surface area contributed by atoms with Gasteiger partial charge in [0, 0.05) is 31.6 Å². The van der Waals surface area contributed by atoms with Crippen molar-refractivity contribution in [2.24, 2.45) is 0 Å². The van der Waals surface area contributed by atoms with Gasteiger partial charge in [0.1, 0.15) is 6.10 Å². The van der Waals surface area contributed by atoms with Crippen LogP contribution in [0.5, 0.6) is 0 Å². The van der Waals surface area contributed by atoms with Gasteiger partial charge in [-0.15, -0.1) is 0 Å². The van der Waals surface area contributed by atoms with Crippen LogP contribution in [0.1, 0.15) is 36.7 Å². The summed E-state index contributed by atoms with van der Waals surface area (Å²) in [5, 5.41) is 3.44. The largest absolute Gasteiger partial charge is 0.414 e. The number of carbonyl (C=O) groups excluding carboxylic acids is 1. The number of pyridine rings is 1. The Labute approximate surface area is 198 Å². The lowest BCUT2D eigenvalue weighted by Crippen LogP contribution is -2.51. The fourth-order valence-corrected chi connectivity index (χ4v) is 4.94. The van der Waals surface area contributed by atoms with E-state index in [0.29, 0.717) is 23.7 Å². The second kappa shape index (κ2) is 9.19. The monoisotopic (exact) mass is 476 g/mol. The summed E-state index contributed by atoms with van der Waals surface area (Å²) in [5.41, 5.74) is 2.81. The standard InChI is InChI=1S/C25H31F3N4O2/c1-24(2)18-8-6-5-7-16(18)13-21(24)30-17-9-10-19(29-14-17)22(25(26,27)28)32(4)23(33)20-15-31(3)11-12-34-20/h5-10,14,20-22,30H,11-13,15H2,1-4H3/t20-,21-,22-/m0/s1. The van der Waals surface area contributed by atoms with Gasteiger partial charge in [-0.1, -0.05) is 38.1 Å². The number of ether oxygens (including phenoxy) is 1. The van der Waals surface area contributed by atoms with E-state index in [1.165, 1.54) is 23.4 Å². The highest BCUT2D eigenvalue weighted by molar-refractivity contribution is 5.81. The van der Waals surface area contributed by atoms with Gasteiger partial charge in [0.05, 0.1) is 24.2 Å². The Balaban J connectivity index is 1.51. The molecule has 6 nitrogen and oxygen atoms in total. The third-order valence-corrected chi connectivity index (χ3v) is 7.00. The summed E-state index contributed by atoms with van der Waals surface area (Å²) in [5.74, 6) is -0.705. The van der Waals surface area contributed by atoms with Crippen LogP contribution in [0.3, 0.4) is 0 Å². The van der Waals surface area contributed by atoms with E-state index in [-0.39, 0.29) is 23.7 Å². The minimum Gasteiger partial charge on any atom is -0.380 e. The van der Waals surface area contributed by atoms with Crippen LogP contribution in [0.2, 0.25) is 0 Å². The van der Waals surface area contributed by atoms with Crippen molar-refractivity contribution >= 4 is 11.6 Å². The summed E-state index contributed by atoms with van der Waals surface area (Å²) in [6.45, 7) is 5.50. The number of carbonyl (C=O) groups is 1. The smallest absolute Gasteiger partial charge is 0.380 e. The van der Waals surface area contributed by atoms with Gasteiger partial charge in [-0.3, -0.25) is 9.78 Å². The predicted octanol–water partition coefficient (Wildman–Crippen LogP) is 3.79. The third kappa shape index (κ3) is 4.77. The molecule has 0 bridgehead atoms. The molecular formula is C25H31F3N4O2. The number of morpholine rings is 1. The molecule has 1 amide bonds. The number of aromatic nitrogens is 1. The van der Waals surface area contributed by atoms with Crippen molar-refractivity contribution < 1.29 is 22.7 Å². The Morgan fingerprint density at radius 3 is 2.62 bits per heavy atom. The van der Waals surface area contributed by atoms with E-state index >= 15 is 0 Å². The summed E-state index contributed by atoms with van der Waals surface area (Å²) < 4.78 is 47.6. The molecule has 1 aliphatic heterocycles. The van der Waals surface area contributed by atoms with Crippen molar-refractivity contribution in [3.05, 3.63) is 59.4 Å². The van der Waals surface area contributed by atoms with Crippen molar-refractivity contribution in [1.29, 1.82) is 0 Å². The van der Waals surface area contributed by atoms with E-state index in [2.05, 4.69) is 36.3 Å². The van der Waals surface area contributed by atoms with Crippen LogP contribution >= 0.6 is 0 Å². The van der Waals surface area contributed by atoms with Crippen LogP contribution in [0, 0.1) is 0 Å². The fraction of sp³-hybridized carbons (Fsp3) is 0.520. The van der Waals surface area contributed by atoms with Gasteiger partial charge in [0.2, 0.25) is 0 Å². The number of halogens is 3. The number of hydrogen-bond acceptors (Lipinski definition) is 5. The molecule has 3 atom stereocenters. The van der Waals surface area contributed by atoms with E-state index in [0.717, 1.165) is 13.5 Å². The van der Waals surface area contributed by atoms with Crippen LogP contribution in [-0.4, -0.2) is 72.8 Å². The Kier molecular flexibility index (Phi) is 6.61. The first kappa shape index (κ1) is 24.5. The molecule has 184 valence electrons. The van der Waals surface area contributed by atoms with Gasteiger partial charge < -0.3 is 19.9 Å². The molecule has 1 aromatic carbocycles. The van der Waals surface area contributed by atoms with Crippen LogP contribution in [0.25, 0.3) is 0 Å². The van der Waals surface area contributed by atoms with E-state index in [9.17, 15) is 18.0 Å². The highest BCUT2D eigenvalue weighted by Crippen LogP contribution is 2.40. The van der Waals surface area contributed by atoms with Crippen molar-refractivity contribution in [3.8, 4) is 0 Å². The van der Waals surface area contributed by atoms with Crippen LogP contribution in [-0.2, 0) is 21.4 Å². The average Bonchev–Trinajstić information content (AvgIpc) is 3.03. The minimum atomic E-state index is -4.68. The van der Waals surface area contributed by atoms with E-state index in [1.54, 1.807) is 6.07 Å². The fourth-order valence-electron chi connectivity index (χ4n) is 4.94. The predicted molar refractivity (Wildman–Crippen MR) is 124 cm³/mol. The van der Waals surface area contributed by atoms with Crippen molar-refractivity contribution in [2.45, 2.75) is 50.0 Å². The lowest BCUT2D eigenvalue weighted by molar-refractivity contribution is -0.195. The third-order valence-electron chi connectivity index (χ3n) is 7.00. The highest BCUT2D eigenvalue weighted by atomic mass is 19.4. The Morgan fingerprint density at radius 1 is 1.26 bits per heavy atom. The van der Waals surface area contributed by atoms with Gasteiger partial charge >= 0.3 is 6.18 Å². The second-order valence-corrected chi connectivity index (χ2v) is 9.77. The Morgan fingerprint density at radius 2 is 2.00 bits per heavy atom. The lowest BCUT2D eigenvalue weighted by Gasteiger charge is -2.35. The maximum absolute atomic E-state index is 14.0. The number of rotatable bonds is 5. The number of anilines is 1. The summed E-state index contributed by atoms with van der Waals surface area (Å²) in [6, 6.07) is 9.12.